The molecule has 2 fully saturated rings. The first-order chi connectivity index (χ1) is 11.3. The minimum atomic E-state index is 0.868. The molecule has 2 aliphatic rings. The highest BCUT2D eigenvalue weighted by molar-refractivity contribution is 4.76. The van der Waals surface area contributed by atoms with Crippen LogP contribution in [0.2, 0.25) is 0 Å². The normalized spacial score (nSPS) is 32.1. The molecule has 2 aliphatic carbocycles. The highest BCUT2D eigenvalue weighted by Gasteiger charge is 2.24. The Kier molecular flexibility index (Phi) is 9.65. The molecule has 1 nitrogen and oxygen atoms in total. The Morgan fingerprint density at radius 2 is 1.09 bits per heavy atom. The third-order valence-electron chi connectivity index (χ3n) is 6.61. The number of rotatable bonds is 10. The van der Waals surface area contributed by atoms with E-state index < -0.39 is 0 Å². The number of unbranched alkanes of at least 4 members (excludes halogenated alkanes) is 1. The molecule has 0 radical (unpaired) electrons. The summed E-state index contributed by atoms with van der Waals surface area (Å²) >= 11 is 0. The average Bonchev–Trinajstić information content (AvgIpc) is 2.59. The van der Waals surface area contributed by atoms with Gasteiger partial charge in [-0.3, -0.25) is 0 Å². The summed E-state index contributed by atoms with van der Waals surface area (Å²) in [6.45, 7) is 6.60. The van der Waals surface area contributed by atoms with Gasteiger partial charge in [-0.25, -0.2) is 0 Å². The molecule has 0 bridgehead atoms. The summed E-state index contributed by atoms with van der Waals surface area (Å²) in [4.78, 5) is 0. The molecule has 0 atom stereocenters. The van der Waals surface area contributed by atoms with Crippen LogP contribution in [0.4, 0.5) is 0 Å². The molecule has 0 aliphatic heterocycles. The van der Waals surface area contributed by atoms with E-state index in [0.717, 1.165) is 36.9 Å². The van der Waals surface area contributed by atoms with E-state index in [1.807, 2.05) is 0 Å². The molecular weight excluding hydrogens is 280 g/mol. The van der Waals surface area contributed by atoms with Crippen molar-refractivity contribution in [2.24, 2.45) is 23.7 Å². The van der Waals surface area contributed by atoms with E-state index in [-0.39, 0.29) is 0 Å². The van der Waals surface area contributed by atoms with Crippen LogP contribution < -0.4 is 0 Å². The molecule has 0 amide bonds. The Morgan fingerprint density at radius 1 is 0.609 bits per heavy atom. The Bertz CT molecular complexity index is 272. The van der Waals surface area contributed by atoms with Gasteiger partial charge in [0.25, 0.3) is 0 Å². The van der Waals surface area contributed by atoms with Gasteiger partial charge in [0.2, 0.25) is 0 Å². The van der Waals surface area contributed by atoms with Crippen LogP contribution in [0.25, 0.3) is 0 Å². The summed E-state index contributed by atoms with van der Waals surface area (Å²) in [5.41, 5.74) is 0. The van der Waals surface area contributed by atoms with Gasteiger partial charge in [0, 0.05) is 13.2 Å². The van der Waals surface area contributed by atoms with Gasteiger partial charge < -0.3 is 4.74 Å². The van der Waals surface area contributed by atoms with Crippen molar-refractivity contribution in [1.29, 1.82) is 0 Å². The van der Waals surface area contributed by atoms with E-state index in [4.69, 9.17) is 4.74 Å². The highest BCUT2D eigenvalue weighted by atomic mass is 16.5. The highest BCUT2D eigenvalue weighted by Crippen LogP contribution is 2.37. The van der Waals surface area contributed by atoms with E-state index in [0.29, 0.717) is 0 Å². The third-order valence-corrected chi connectivity index (χ3v) is 6.61. The maximum atomic E-state index is 5.83. The van der Waals surface area contributed by atoms with Gasteiger partial charge in [0.1, 0.15) is 0 Å². The molecule has 1 heteroatoms. The van der Waals surface area contributed by atoms with Crippen molar-refractivity contribution in [2.45, 2.75) is 104 Å². The van der Waals surface area contributed by atoms with Crippen LogP contribution in [0.1, 0.15) is 104 Å². The Hall–Kier alpha value is -0.0400. The fourth-order valence-electron chi connectivity index (χ4n) is 4.87. The number of hydrogen-bond acceptors (Lipinski definition) is 1. The van der Waals surface area contributed by atoms with Gasteiger partial charge >= 0.3 is 0 Å². The van der Waals surface area contributed by atoms with Gasteiger partial charge in [0.15, 0.2) is 0 Å². The van der Waals surface area contributed by atoms with Crippen LogP contribution in [0, 0.1) is 23.7 Å². The van der Waals surface area contributed by atoms with E-state index in [1.165, 1.54) is 89.9 Å². The summed E-state index contributed by atoms with van der Waals surface area (Å²) < 4.78 is 5.83. The molecule has 2 saturated carbocycles. The summed E-state index contributed by atoms with van der Waals surface area (Å²) in [6.07, 6.45) is 20.4. The lowest BCUT2D eigenvalue weighted by Gasteiger charge is -2.32. The smallest absolute Gasteiger partial charge is 0.0494 e. The maximum absolute atomic E-state index is 5.83. The third kappa shape index (κ3) is 7.59. The topological polar surface area (TPSA) is 9.23 Å². The second kappa shape index (κ2) is 11.5. The SMILES string of the molecule is CCCCOC[C@H]1CC[C@H](CC[C@H]2CC[C@H](CCC)CC2)CC1. The molecule has 2 rings (SSSR count). The predicted octanol–water partition coefficient (Wildman–Crippen LogP) is 7.00. The van der Waals surface area contributed by atoms with Crippen molar-refractivity contribution >= 4 is 0 Å². The van der Waals surface area contributed by atoms with Gasteiger partial charge in [-0.15, -0.1) is 0 Å². The summed E-state index contributed by atoms with van der Waals surface area (Å²) in [5, 5.41) is 0. The zero-order chi connectivity index (χ0) is 16.3. The van der Waals surface area contributed by atoms with Gasteiger partial charge in [-0.05, 0) is 42.9 Å². The van der Waals surface area contributed by atoms with Crippen molar-refractivity contribution in [2.75, 3.05) is 13.2 Å². The number of hydrogen-bond donors (Lipinski definition) is 0. The fourth-order valence-corrected chi connectivity index (χ4v) is 4.87. The molecular formula is C22H42O. The van der Waals surface area contributed by atoms with Crippen LogP contribution in [-0.2, 0) is 4.74 Å². The first-order valence-corrected chi connectivity index (χ1v) is 10.9. The first-order valence-electron chi connectivity index (χ1n) is 10.9. The van der Waals surface area contributed by atoms with Gasteiger partial charge in [-0.1, -0.05) is 84.5 Å². The molecule has 0 N–H and O–H groups in total. The van der Waals surface area contributed by atoms with Crippen LogP contribution in [0.5, 0.6) is 0 Å². The molecule has 136 valence electrons. The molecule has 0 aromatic carbocycles. The first kappa shape index (κ1) is 19.3. The molecule has 0 spiro atoms. The monoisotopic (exact) mass is 322 g/mol. The van der Waals surface area contributed by atoms with Crippen LogP contribution >= 0.6 is 0 Å². The van der Waals surface area contributed by atoms with Crippen molar-refractivity contribution < 1.29 is 4.74 Å². The molecule has 0 aromatic heterocycles. The quantitative estimate of drug-likeness (QED) is 0.393. The Balaban J connectivity index is 1.50. The lowest BCUT2D eigenvalue weighted by Crippen LogP contribution is -2.20. The zero-order valence-electron chi connectivity index (χ0n) is 16.0. The second-order valence-electron chi connectivity index (χ2n) is 8.57. The van der Waals surface area contributed by atoms with Crippen molar-refractivity contribution in [3.05, 3.63) is 0 Å². The lowest BCUT2D eigenvalue weighted by atomic mass is 9.75. The van der Waals surface area contributed by atoms with E-state index in [2.05, 4.69) is 13.8 Å². The van der Waals surface area contributed by atoms with Crippen molar-refractivity contribution in [3.63, 3.8) is 0 Å². The average molecular weight is 323 g/mol. The predicted molar refractivity (Wildman–Crippen MR) is 101 cm³/mol. The summed E-state index contributed by atoms with van der Waals surface area (Å²) in [6, 6.07) is 0. The lowest BCUT2D eigenvalue weighted by molar-refractivity contribution is 0.0742. The van der Waals surface area contributed by atoms with E-state index in [9.17, 15) is 0 Å². The minimum Gasteiger partial charge on any atom is -0.381 e. The second-order valence-corrected chi connectivity index (χ2v) is 8.57. The van der Waals surface area contributed by atoms with Crippen molar-refractivity contribution in [3.8, 4) is 0 Å². The largest absolute Gasteiger partial charge is 0.381 e. The van der Waals surface area contributed by atoms with Crippen LogP contribution in [0.3, 0.4) is 0 Å². The van der Waals surface area contributed by atoms with Crippen LogP contribution in [0.15, 0.2) is 0 Å². The van der Waals surface area contributed by atoms with Crippen molar-refractivity contribution in [1.82, 2.24) is 0 Å². The summed E-state index contributed by atoms with van der Waals surface area (Å²) in [5.74, 6) is 4.04. The van der Waals surface area contributed by atoms with E-state index >= 15 is 0 Å². The molecule has 0 aromatic rings. The maximum Gasteiger partial charge on any atom is 0.0494 e. The Morgan fingerprint density at radius 3 is 1.57 bits per heavy atom. The molecule has 0 saturated heterocycles. The molecule has 23 heavy (non-hydrogen) atoms. The van der Waals surface area contributed by atoms with Gasteiger partial charge in [-0.2, -0.15) is 0 Å². The summed E-state index contributed by atoms with van der Waals surface area (Å²) in [7, 11) is 0. The molecule has 0 heterocycles. The van der Waals surface area contributed by atoms with Crippen LogP contribution in [-0.4, -0.2) is 13.2 Å². The van der Waals surface area contributed by atoms with Gasteiger partial charge in [0.05, 0.1) is 0 Å². The Labute approximate surface area is 146 Å². The fraction of sp³-hybridized carbons (Fsp3) is 1.00. The molecule has 0 unspecified atom stereocenters. The van der Waals surface area contributed by atoms with E-state index in [1.54, 1.807) is 0 Å². The minimum absolute atomic E-state index is 0.868. The number of ether oxygens (including phenoxy) is 1. The standard InChI is InChI=1S/C22H42O/c1-3-5-17-23-18-22-15-13-21(14-16-22)12-11-20-9-7-19(6-4-2)8-10-20/h19-22H,3-18H2,1-2H3/t19-,20-,21-,22-. The zero-order valence-corrected chi connectivity index (χ0v) is 16.0.